The third-order valence-corrected chi connectivity index (χ3v) is 4.24. The minimum atomic E-state index is 0.610. The lowest BCUT2D eigenvalue weighted by Crippen LogP contribution is -2.00. The molecule has 0 aliphatic heterocycles. The summed E-state index contributed by atoms with van der Waals surface area (Å²) in [6.07, 6.45) is 3.71. The van der Waals surface area contributed by atoms with Crippen LogP contribution in [0.4, 0.5) is 0 Å². The molecule has 25 heavy (non-hydrogen) atoms. The number of aromatic nitrogens is 3. The summed E-state index contributed by atoms with van der Waals surface area (Å²) in [6, 6.07) is 10.1. The molecule has 0 atom stereocenters. The van der Waals surface area contributed by atoms with Gasteiger partial charge >= 0.3 is 0 Å². The second-order valence-electron chi connectivity index (χ2n) is 5.81. The monoisotopic (exact) mass is 355 g/mol. The van der Waals surface area contributed by atoms with E-state index in [4.69, 9.17) is 9.15 Å². The van der Waals surface area contributed by atoms with E-state index in [2.05, 4.69) is 35.1 Å². The second kappa shape index (κ2) is 8.07. The maximum atomic E-state index is 5.79. The smallest absolute Gasteiger partial charge is 0.208 e. The Morgan fingerprint density at radius 1 is 1.12 bits per heavy atom. The van der Waals surface area contributed by atoms with Gasteiger partial charge in [-0.05, 0) is 68.3 Å². The maximum absolute atomic E-state index is 5.79. The van der Waals surface area contributed by atoms with Crippen molar-refractivity contribution in [2.75, 3.05) is 12.4 Å². The number of ether oxygens (including phenoxy) is 1. The van der Waals surface area contributed by atoms with E-state index in [9.17, 15) is 0 Å². The molecule has 0 spiro atoms. The Balaban J connectivity index is 1.46. The summed E-state index contributed by atoms with van der Waals surface area (Å²) in [6.45, 7) is 6.67. The highest BCUT2D eigenvalue weighted by Gasteiger charge is 2.03. The molecule has 2 aromatic heterocycles. The van der Waals surface area contributed by atoms with Gasteiger partial charge < -0.3 is 9.15 Å². The highest BCUT2D eigenvalue weighted by molar-refractivity contribution is 7.99. The van der Waals surface area contributed by atoms with Crippen molar-refractivity contribution in [1.29, 1.82) is 0 Å². The largest absolute Gasteiger partial charge is 0.493 e. The van der Waals surface area contributed by atoms with Crippen molar-refractivity contribution < 1.29 is 9.15 Å². The van der Waals surface area contributed by atoms with Crippen molar-refractivity contribution in [3.05, 3.63) is 58.8 Å². The zero-order valence-electron chi connectivity index (χ0n) is 14.6. The molecule has 0 fully saturated rings. The van der Waals surface area contributed by atoms with Crippen LogP contribution in [-0.4, -0.2) is 27.5 Å². The molecule has 1 N–H and O–H groups in total. The van der Waals surface area contributed by atoms with Gasteiger partial charge in [0, 0.05) is 5.75 Å². The van der Waals surface area contributed by atoms with Crippen LogP contribution >= 0.6 is 11.8 Å². The van der Waals surface area contributed by atoms with E-state index >= 15 is 0 Å². The van der Waals surface area contributed by atoms with Crippen molar-refractivity contribution >= 4 is 23.9 Å². The number of hydrogen-bond donors (Lipinski definition) is 1. The number of furan rings is 1. The van der Waals surface area contributed by atoms with E-state index < -0.39 is 0 Å². The topological polar surface area (TPSA) is 63.9 Å². The van der Waals surface area contributed by atoms with Gasteiger partial charge in [0.05, 0.1) is 6.61 Å². The maximum Gasteiger partial charge on any atom is 0.208 e. The molecule has 3 rings (SSSR count). The Hall–Kier alpha value is -2.47. The van der Waals surface area contributed by atoms with Gasteiger partial charge in [0.25, 0.3) is 0 Å². The van der Waals surface area contributed by atoms with Crippen molar-refractivity contribution in [2.45, 2.75) is 25.9 Å². The molecular formula is C19H21N3O2S. The molecule has 2 heterocycles. The fourth-order valence-corrected chi connectivity index (χ4v) is 3.03. The zero-order valence-corrected chi connectivity index (χ0v) is 15.4. The van der Waals surface area contributed by atoms with Gasteiger partial charge in [-0.25, -0.2) is 4.98 Å². The number of nitrogens with one attached hydrogen (secondary N) is 1. The zero-order chi connectivity index (χ0) is 17.6. The van der Waals surface area contributed by atoms with Gasteiger partial charge in [0.15, 0.2) is 0 Å². The average molecular weight is 355 g/mol. The van der Waals surface area contributed by atoms with E-state index in [1.54, 1.807) is 11.8 Å². The molecule has 1 aromatic carbocycles. The lowest BCUT2D eigenvalue weighted by atomic mass is 10.1. The first-order chi connectivity index (χ1) is 12.1. The molecular weight excluding hydrogens is 334 g/mol. The van der Waals surface area contributed by atoms with Crippen LogP contribution in [0.2, 0.25) is 0 Å². The number of aromatic amines is 1. The first-order valence-corrected chi connectivity index (χ1v) is 9.08. The number of benzene rings is 1. The quantitative estimate of drug-likeness (QED) is 0.493. The molecule has 0 radical (unpaired) electrons. The van der Waals surface area contributed by atoms with Crippen LogP contribution in [0.15, 0.2) is 39.9 Å². The molecule has 0 saturated carbocycles. The number of H-pyrrole nitrogens is 1. The average Bonchev–Trinajstić information content (AvgIpc) is 3.17. The van der Waals surface area contributed by atoms with Crippen molar-refractivity contribution in [1.82, 2.24) is 15.2 Å². The number of thioether (sulfide) groups is 1. The van der Waals surface area contributed by atoms with Gasteiger partial charge in [-0.15, -0.1) is 5.10 Å². The Morgan fingerprint density at radius 3 is 2.64 bits per heavy atom. The second-order valence-corrected chi connectivity index (χ2v) is 6.87. The first kappa shape index (κ1) is 17.4. The van der Waals surface area contributed by atoms with Gasteiger partial charge in [-0.1, -0.05) is 17.8 Å². The summed E-state index contributed by atoms with van der Waals surface area (Å²) < 4.78 is 11.3. The standard InChI is InChI=1S/C19H21N3O2S/c1-13-10-14(2)12-17(11-13)23-8-9-25-19-20-18(21-22-19)7-6-16-5-4-15(3)24-16/h4-7,10-12H,8-9H2,1-3H3,(H,20,21,22)/b7-6+. The fourth-order valence-electron chi connectivity index (χ4n) is 2.41. The summed E-state index contributed by atoms with van der Waals surface area (Å²) in [5, 5.41) is 7.81. The molecule has 0 unspecified atom stereocenters. The van der Waals surface area contributed by atoms with Crippen LogP contribution in [0.1, 0.15) is 28.5 Å². The molecule has 0 aliphatic rings. The summed E-state index contributed by atoms with van der Waals surface area (Å²) in [5.74, 6) is 4.07. The SMILES string of the molecule is Cc1cc(C)cc(OCCSc2n[nH]c(/C=C/c3ccc(C)o3)n2)c1. The molecule has 0 saturated heterocycles. The predicted molar refractivity (Wildman–Crippen MR) is 101 cm³/mol. The van der Waals surface area contributed by atoms with Crippen LogP contribution in [0.5, 0.6) is 5.75 Å². The van der Waals surface area contributed by atoms with E-state index in [1.165, 1.54) is 11.1 Å². The third-order valence-electron chi connectivity index (χ3n) is 3.43. The van der Waals surface area contributed by atoms with E-state index in [0.717, 1.165) is 23.0 Å². The van der Waals surface area contributed by atoms with Gasteiger partial charge in [-0.3, -0.25) is 5.10 Å². The number of nitrogens with zero attached hydrogens (tertiary/aromatic N) is 2. The minimum absolute atomic E-state index is 0.610. The van der Waals surface area contributed by atoms with Crippen molar-refractivity contribution in [3.8, 4) is 5.75 Å². The van der Waals surface area contributed by atoms with Crippen LogP contribution in [0.3, 0.4) is 0 Å². The Labute approximate surface area is 151 Å². The fraction of sp³-hybridized carbons (Fsp3) is 0.263. The third kappa shape index (κ3) is 5.26. The number of rotatable bonds is 7. The van der Waals surface area contributed by atoms with Crippen LogP contribution in [0.25, 0.3) is 12.2 Å². The van der Waals surface area contributed by atoms with E-state index in [1.807, 2.05) is 43.3 Å². The highest BCUT2D eigenvalue weighted by atomic mass is 32.2. The normalized spacial score (nSPS) is 11.3. The molecule has 5 nitrogen and oxygen atoms in total. The summed E-state index contributed by atoms with van der Waals surface area (Å²) in [7, 11) is 0. The van der Waals surface area contributed by atoms with E-state index in [0.29, 0.717) is 17.6 Å². The van der Waals surface area contributed by atoms with Gasteiger partial charge in [-0.2, -0.15) is 0 Å². The molecule has 3 aromatic rings. The van der Waals surface area contributed by atoms with Crippen LogP contribution < -0.4 is 4.74 Å². The Kier molecular flexibility index (Phi) is 5.60. The molecule has 0 amide bonds. The minimum Gasteiger partial charge on any atom is -0.493 e. The highest BCUT2D eigenvalue weighted by Crippen LogP contribution is 2.18. The summed E-state index contributed by atoms with van der Waals surface area (Å²) >= 11 is 1.56. The molecule has 0 bridgehead atoms. The number of aryl methyl sites for hydroxylation is 3. The van der Waals surface area contributed by atoms with Crippen LogP contribution in [0, 0.1) is 20.8 Å². The first-order valence-electron chi connectivity index (χ1n) is 8.09. The van der Waals surface area contributed by atoms with Crippen molar-refractivity contribution in [3.63, 3.8) is 0 Å². The summed E-state index contributed by atoms with van der Waals surface area (Å²) in [4.78, 5) is 4.42. The number of hydrogen-bond acceptors (Lipinski definition) is 5. The Bertz CT molecular complexity index is 847. The Morgan fingerprint density at radius 2 is 1.92 bits per heavy atom. The van der Waals surface area contributed by atoms with Crippen molar-refractivity contribution in [2.24, 2.45) is 0 Å². The van der Waals surface area contributed by atoms with Gasteiger partial charge in [0.1, 0.15) is 23.1 Å². The molecule has 6 heteroatoms. The summed E-state index contributed by atoms with van der Waals surface area (Å²) in [5.41, 5.74) is 2.42. The van der Waals surface area contributed by atoms with Gasteiger partial charge in [0.2, 0.25) is 5.16 Å². The molecule has 0 aliphatic carbocycles. The molecule has 130 valence electrons. The van der Waals surface area contributed by atoms with Crippen LogP contribution in [-0.2, 0) is 0 Å². The lowest BCUT2D eigenvalue weighted by Gasteiger charge is -2.07. The predicted octanol–water partition coefficient (Wildman–Crippen LogP) is 4.66. The lowest BCUT2D eigenvalue weighted by molar-refractivity contribution is 0.343. The van der Waals surface area contributed by atoms with E-state index in [-0.39, 0.29) is 0 Å².